The van der Waals surface area contributed by atoms with Crippen molar-refractivity contribution in [3.63, 3.8) is 0 Å². The third-order valence-electron chi connectivity index (χ3n) is 3.39. The van der Waals surface area contributed by atoms with Crippen molar-refractivity contribution in [2.75, 3.05) is 5.75 Å². The Morgan fingerprint density at radius 3 is 2.85 bits per heavy atom. The SMILES string of the molecule is CC(C)=CCSc1nc2ccccc2c(=O)n1C1CC1. The Morgan fingerprint density at radius 2 is 2.15 bits per heavy atom. The highest BCUT2D eigenvalue weighted by Crippen LogP contribution is 2.36. The molecular weight excluding hydrogens is 268 g/mol. The Balaban J connectivity index is 2.07. The monoisotopic (exact) mass is 286 g/mol. The lowest BCUT2D eigenvalue weighted by molar-refractivity contribution is 0.618. The molecule has 1 aromatic carbocycles. The molecule has 0 unspecified atom stereocenters. The third-order valence-corrected chi connectivity index (χ3v) is 4.27. The van der Waals surface area contributed by atoms with Crippen molar-refractivity contribution < 1.29 is 0 Å². The van der Waals surface area contributed by atoms with Gasteiger partial charge >= 0.3 is 0 Å². The zero-order valence-electron chi connectivity index (χ0n) is 11.8. The molecule has 0 bridgehead atoms. The van der Waals surface area contributed by atoms with Gasteiger partial charge < -0.3 is 0 Å². The lowest BCUT2D eigenvalue weighted by atomic mass is 10.2. The molecule has 20 heavy (non-hydrogen) atoms. The molecule has 0 atom stereocenters. The Morgan fingerprint density at radius 1 is 1.40 bits per heavy atom. The largest absolute Gasteiger partial charge is 0.284 e. The fourth-order valence-corrected chi connectivity index (χ4v) is 3.26. The smallest absolute Gasteiger partial charge is 0.262 e. The van der Waals surface area contributed by atoms with E-state index in [1.54, 1.807) is 11.8 Å². The van der Waals surface area contributed by atoms with Crippen LogP contribution in [0.4, 0.5) is 0 Å². The van der Waals surface area contributed by atoms with Crippen LogP contribution in [0.25, 0.3) is 10.9 Å². The van der Waals surface area contributed by atoms with Crippen molar-refractivity contribution in [2.24, 2.45) is 0 Å². The maximum absolute atomic E-state index is 12.6. The summed E-state index contributed by atoms with van der Waals surface area (Å²) in [5.74, 6) is 0.861. The van der Waals surface area contributed by atoms with E-state index in [0.29, 0.717) is 6.04 Å². The van der Waals surface area contributed by atoms with Gasteiger partial charge in [-0.05, 0) is 38.8 Å². The maximum atomic E-state index is 12.6. The van der Waals surface area contributed by atoms with Crippen molar-refractivity contribution in [3.8, 4) is 0 Å². The molecule has 0 saturated heterocycles. The number of thioether (sulfide) groups is 1. The molecule has 0 amide bonds. The summed E-state index contributed by atoms with van der Waals surface area (Å²) < 4.78 is 1.89. The number of benzene rings is 1. The number of allylic oxidation sites excluding steroid dienone is 1. The number of fused-ring (bicyclic) bond motifs is 1. The van der Waals surface area contributed by atoms with Crippen LogP contribution < -0.4 is 5.56 Å². The van der Waals surface area contributed by atoms with Crippen LogP contribution in [-0.4, -0.2) is 15.3 Å². The van der Waals surface area contributed by atoms with Gasteiger partial charge in [-0.1, -0.05) is 35.5 Å². The van der Waals surface area contributed by atoms with Gasteiger partial charge in [0.05, 0.1) is 10.9 Å². The highest BCUT2D eigenvalue weighted by molar-refractivity contribution is 7.99. The molecule has 3 rings (SSSR count). The van der Waals surface area contributed by atoms with Crippen LogP contribution in [0.3, 0.4) is 0 Å². The van der Waals surface area contributed by atoms with Gasteiger partial charge in [0.1, 0.15) is 0 Å². The number of nitrogens with zero attached hydrogens (tertiary/aromatic N) is 2. The van der Waals surface area contributed by atoms with E-state index in [-0.39, 0.29) is 5.56 Å². The first-order valence-electron chi connectivity index (χ1n) is 6.94. The molecule has 1 aromatic heterocycles. The minimum atomic E-state index is 0.109. The lowest BCUT2D eigenvalue weighted by Crippen LogP contribution is -2.22. The topological polar surface area (TPSA) is 34.9 Å². The van der Waals surface area contributed by atoms with Crippen molar-refractivity contribution in [1.29, 1.82) is 0 Å². The minimum absolute atomic E-state index is 0.109. The highest BCUT2D eigenvalue weighted by atomic mass is 32.2. The summed E-state index contributed by atoms with van der Waals surface area (Å²) in [6.45, 7) is 4.17. The number of hydrogen-bond donors (Lipinski definition) is 0. The molecule has 3 nitrogen and oxygen atoms in total. The first-order chi connectivity index (χ1) is 9.66. The number of para-hydroxylation sites is 1. The van der Waals surface area contributed by atoms with Gasteiger partial charge in [-0.3, -0.25) is 9.36 Å². The third kappa shape index (κ3) is 2.66. The van der Waals surface area contributed by atoms with E-state index in [9.17, 15) is 4.79 Å². The Kier molecular flexibility index (Phi) is 3.66. The Labute approximate surface area is 122 Å². The van der Waals surface area contributed by atoms with Gasteiger partial charge in [-0.25, -0.2) is 4.98 Å². The zero-order chi connectivity index (χ0) is 14.1. The fraction of sp³-hybridized carbons (Fsp3) is 0.375. The van der Waals surface area contributed by atoms with Crippen LogP contribution in [0.1, 0.15) is 32.7 Å². The summed E-state index contributed by atoms with van der Waals surface area (Å²) in [5.41, 5.74) is 2.20. The Bertz CT molecular complexity index is 725. The normalized spacial score (nSPS) is 14.5. The van der Waals surface area contributed by atoms with Gasteiger partial charge in [0.2, 0.25) is 0 Å². The summed E-state index contributed by atoms with van der Waals surface area (Å²) in [6, 6.07) is 7.97. The molecule has 1 aliphatic carbocycles. The first kappa shape index (κ1) is 13.4. The molecule has 0 spiro atoms. The van der Waals surface area contributed by atoms with Crippen LogP contribution >= 0.6 is 11.8 Å². The quantitative estimate of drug-likeness (QED) is 0.487. The predicted molar refractivity (Wildman–Crippen MR) is 84.4 cm³/mol. The van der Waals surface area contributed by atoms with Crippen LogP contribution in [0, 0.1) is 0 Å². The summed E-state index contributed by atoms with van der Waals surface area (Å²) in [5, 5.41) is 1.58. The second kappa shape index (κ2) is 5.44. The van der Waals surface area contributed by atoms with Crippen molar-refractivity contribution >= 4 is 22.7 Å². The standard InChI is InChI=1S/C16H18N2OS/c1-11(2)9-10-20-16-17-14-6-4-3-5-13(14)15(19)18(16)12-7-8-12/h3-6,9,12H,7-8,10H2,1-2H3. The molecule has 2 aromatic rings. The second-order valence-electron chi connectivity index (χ2n) is 5.41. The highest BCUT2D eigenvalue weighted by Gasteiger charge is 2.28. The molecule has 0 radical (unpaired) electrons. The lowest BCUT2D eigenvalue weighted by Gasteiger charge is -2.11. The Hall–Kier alpha value is -1.55. The van der Waals surface area contributed by atoms with Crippen LogP contribution in [0.15, 0.2) is 45.9 Å². The van der Waals surface area contributed by atoms with E-state index >= 15 is 0 Å². The molecule has 1 heterocycles. The molecule has 104 valence electrons. The number of hydrogen-bond acceptors (Lipinski definition) is 3. The predicted octanol–water partition coefficient (Wildman–Crippen LogP) is 3.79. The summed E-state index contributed by atoms with van der Waals surface area (Å²) in [4.78, 5) is 17.3. The van der Waals surface area contributed by atoms with E-state index in [1.807, 2.05) is 28.8 Å². The minimum Gasteiger partial charge on any atom is -0.284 e. The van der Waals surface area contributed by atoms with E-state index in [2.05, 4.69) is 19.9 Å². The fourth-order valence-electron chi connectivity index (χ4n) is 2.16. The molecule has 0 aliphatic heterocycles. The molecule has 4 heteroatoms. The molecule has 0 N–H and O–H groups in total. The van der Waals surface area contributed by atoms with Crippen molar-refractivity contribution in [3.05, 3.63) is 46.3 Å². The summed E-state index contributed by atoms with van der Waals surface area (Å²) in [7, 11) is 0. The van der Waals surface area contributed by atoms with Gasteiger partial charge in [-0.15, -0.1) is 0 Å². The molecular formula is C16H18N2OS. The number of rotatable bonds is 4. The summed E-state index contributed by atoms with van der Waals surface area (Å²) in [6.07, 6.45) is 4.36. The average Bonchev–Trinajstić information content (AvgIpc) is 3.23. The van der Waals surface area contributed by atoms with Crippen molar-refractivity contribution in [1.82, 2.24) is 9.55 Å². The van der Waals surface area contributed by atoms with Gasteiger partial charge in [0.15, 0.2) is 5.16 Å². The second-order valence-corrected chi connectivity index (χ2v) is 6.40. The van der Waals surface area contributed by atoms with Crippen molar-refractivity contribution in [2.45, 2.75) is 37.9 Å². The zero-order valence-corrected chi connectivity index (χ0v) is 12.6. The van der Waals surface area contributed by atoms with Gasteiger partial charge in [-0.2, -0.15) is 0 Å². The molecule has 1 saturated carbocycles. The maximum Gasteiger partial charge on any atom is 0.262 e. The number of aromatic nitrogens is 2. The molecule has 1 aliphatic rings. The van der Waals surface area contributed by atoms with Crippen LogP contribution in [0.5, 0.6) is 0 Å². The van der Waals surface area contributed by atoms with Gasteiger partial charge in [0.25, 0.3) is 5.56 Å². The van der Waals surface area contributed by atoms with Gasteiger partial charge in [0, 0.05) is 11.8 Å². The molecule has 1 fully saturated rings. The average molecular weight is 286 g/mol. The summed E-state index contributed by atoms with van der Waals surface area (Å²) >= 11 is 1.65. The first-order valence-corrected chi connectivity index (χ1v) is 7.93. The van der Waals surface area contributed by atoms with E-state index < -0.39 is 0 Å². The van der Waals surface area contributed by atoms with Crippen LogP contribution in [-0.2, 0) is 0 Å². The van der Waals surface area contributed by atoms with E-state index in [0.717, 1.165) is 34.7 Å². The van der Waals surface area contributed by atoms with Crippen LogP contribution in [0.2, 0.25) is 0 Å². The van der Waals surface area contributed by atoms with E-state index in [1.165, 1.54) is 5.57 Å². The van der Waals surface area contributed by atoms with E-state index in [4.69, 9.17) is 4.98 Å².